The lowest BCUT2D eigenvalue weighted by molar-refractivity contribution is 0.271. The summed E-state index contributed by atoms with van der Waals surface area (Å²) >= 11 is 0. The highest BCUT2D eigenvalue weighted by molar-refractivity contribution is 7.89. The molecule has 1 aromatic carbocycles. The van der Waals surface area contributed by atoms with E-state index in [1.165, 1.54) is 10.4 Å². The Bertz CT molecular complexity index is 634. The molecule has 2 rings (SSSR count). The molecule has 0 spiro atoms. The lowest BCUT2D eigenvalue weighted by Crippen LogP contribution is -2.42. The molecule has 0 saturated carbocycles. The Morgan fingerprint density at radius 1 is 1.50 bits per heavy atom. The average Bonchev–Trinajstić information content (AvgIpc) is 2.46. The van der Waals surface area contributed by atoms with Gasteiger partial charge in [-0.15, -0.1) is 0 Å². The zero-order valence-corrected chi connectivity index (χ0v) is 12.4. The van der Waals surface area contributed by atoms with Crippen molar-refractivity contribution in [3.8, 4) is 6.07 Å². The molecular formula is C14H19N3O2S. The summed E-state index contributed by atoms with van der Waals surface area (Å²) in [5, 5.41) is 8.85. The first kappa shape index (κ1) is 15.0. The van der Waals surface area contributed by atoms with Crippen molar-refractivity contribution in [3.63, 3.8) is 0 Å². The van der Waals surface area contributed by atoms with E-state index in [-0.39, 0.29) is 10.8 Å². The molecule has 1 aromatic rings. The highest BCUT2D eigenvalue weighted by Gasteiger charge is 2.30. The molecule has 1 heterocycles. The molecule has 1 aliphatic heterocycles. The van der Waals surface area contributed by atoms with Gasteiger partial charge in [-0.3, -0.25) is 0 Å². The predicted molar refractivity (Wildman–Crippen MR) is 76.4 cm³/mol. The molecule has 1 atom stereocenters. The number of aryl methyl sites for hydroxylation is 1. The Hall–Kier alpha value is -1.42. The van der Waals surface area contributed by atoms with Crippen LogP contribution in [0.5, 0.6) is 0 Å². The highest BCUT2D eigenvalue weighted by atomic mass is 32.2. The lowest BCUT2D eigenvalue weighted by atomic mass is 10.0. The molecule has 0 aliphatic carbocycles. The van der Waals surface area contributed by atoms with Crippen LogP contribution in [-0.2, 0) is 10.0 Å². The lowest BCUT2D eigenvalue weighted by Gasteiger charge is -2.31. The molecule has 20 heavy (non-hydrogen) atoms. The van der Waals surface area contributed by atoms with Crippen LogP contribution in [0.15, 0.2) is 23.1 Å². The number of nitrogens with zero attached hydrogens (tertiary/aromatic N) is 2. The van der Waals surface area contributed by atoms with Crippen LogP contribution in [0.1, 0.15) is 24.0 Å². The van der Waals surface area contributed by atoms with Gasteiger partial charge in [-0.25, -0.2) is 8.42 Å². The minimum absolute atomic E-state index is 0.234. The number of nitriles is 1. The summed E-state index contributed by atoms with van der Waals surface area (Å²) in [6.45, 7) is 3.26. The maximum absolute atomic E-state index is 12.7. The SMILES string of the molecule is Cc1cc(C#N)ccc1S(=O)(=O)N1CCCC(CN)C1. The Labute approximate surface area is 120 Å². The summed E-state index contributed by atoms with van der Waals surface area (Å²) in [7, 11) is -3.49. The third kappa shape index (κ3) is 2.85. The third-order valence-corrected chi connectivity index (χ3v) is 5.76. The van der Waals surface area contributed by atoms with Crippen molar-refractivity contribution in [3.05, 3.63) is 29.3 Å². The van der Waals surface area contributed by atoms with Crippen molar-refractivity contribution < 1.29 is 8.42 Å². The fourth-order valence-corrected chi connectivity index (χ4v) is 4.35. The Morgan fingerprint density at radius 3 is 2.85 bits per heavy atom. The van der Waals surface area contributed by atoms with E-state index in [9.17, 15) is 8.42 Å². The van der Waals surface area contributed by atoms with Gasteiger partial charge in [0.15, 0.2) is 0 Å². The third-order valence-electron chi connectivity index (χ3n) is 3.74. The first-order chi connectivity index (χ1) is 9.48. The van der Waals surface area contributed by atoms with Gasteiger partial charge < -0.3 is 5.73 Å². The number of benzene rings is 1. The van der Waals surface area contributed by atoms with E-state index in [2.05, 4.69) is 0 Å². The molecule has 5 nitrogen and oxygen atoms in total. The largest absolute Gasteiger partial charge is 0.330 e. The standard InChI is InChI=1S/C14H19N3O2S/c1-11-7-12(8-15)4-5-14(11)20(18,19)17-6-2-3-13(9-16)10-17/h4-5,7,13H,2-3,6,9-10,16H2,1H3. The minimum Gasteiger partial charge on any atom is -0.330 e. The van der Waals surface area contributed by atoms with Crippen molar-refractivity contribution in [2.24, 2.45) is 11.7 Å². The van der Waals surface area contributed by atoms with Crippen LogP contribution in [0.2, 0.25) is 0 Å². The van der Waals surface area contributed by atoms with E-state index in [1.807, 2.05) is 6.07 Å². The van der Waals surface area contributed by atoms with Crippen LogP contribution in [0.25, 0.3) is 0 Å². The molecular weight excluding hydrogens is 274 g/mol. The number of rotatable bonds is 3. The number of hydrogen-bond donors (Lipinski definition) is 1. The van der Waals surface area contributed by atoms with Crippen LogP contribution in [0, 0.1) is 24.2 Å². The zero-order valence-electron chi connectivity index (χ0n) is 11.5. The highest BCUT2D eigenvalue weighted by Crippen LogP contribution is 2.25. The van der Waals surface area contributed by atoms with E-state index in [4.69, 9.17) is 11.0 Å². The molecule has 6 heteroatoms. The van der Waals surface area contributed by atoms with Gasteiger partial charge in [0.05, 0.1) is 16.5 Å². The van der Waals surface area contributed by atoms with E-state index in [0.717, 1.165) is 12.8 Å². The second kappa shape index (κ2) is 5.92. The molecule has 0 bridgehead atoms. The first-order valence-electron chi connectivity index (χ1n) is 6.70. The molecule has 0 radical (unpaired) electrons. The maximum atomic E-state index is 12.7. The molecule has 1 fully saturated rings. The topological polar surface area (TPSA) is 87.2 Å². The number of sulfonamides is 1. The molecule has 1 saturated heterocycles. The van der Waals surface area contributed by atoms with Crippen molar-refractivity contribution in [2.45, 2.75) is 24.7 Å². The van der Waals surface area contributed by atoms with Gasteiger partial charge >= 0.3 is 0 Å². The summed E-state index contributed by atoms with van der Waals surface area (Å²) in [6, 6.07) is 6.69. The second-order valence-corrected chi connectivity index (χ2v) is 7.11. The van der Waals surface area contributed by atoms with Crippen LogP contribution in [-0.4, -0.2) is 32.4 Å². The van der Waals surface area contributed by atoms with Crippen LogP contribution in [0.4, 0.5) is 0 Å². The van der Waals surface area contributed by atoms with E-state index >= 15 is 0 Å². The van der Waals surface area contributed by atoms with Gasteiger partial charge in [0.2, 0.25) is 10.0 Å². The molecule has 1 unspecified atom stereocenters. The van der Waals surface area contributed by atoms with Crippen molar-refractivity contribution in [1.29, 1.82) is 5.26 Å². The number of nitrogens with two attached hydrogens (primary N) is 1. The summed E-state index contributed by atoms with van der Waals surface area (Å²) in [4.78, 5) is 0.286. The van der Waals surface area contributed by atoms with Gasteiger partial charge in [0.1, 0.15) is 0 Å². The normalized spacial score (nSPS) is 20.6. The monoisotopic (exact) mass is 293 g/mol. The maximum Gasteiger partial charge on any atom is 0.243 e. The Kier molecular flexibility index (Phi) is 4.43. The summed E-state index contributed by atoms with van der Waals surface area (Å²) in [6.07, 6.45) is 1.82. The number of hydrogen-bond acceptors (Lipinski definition) is 4. The quantitative estimate of drug-likeness (QED) is 0.908. The van der Waals surface area contributed by atoms with Crippen molar-refractivity contribution in [2.75, 3.05) is 19.6 Å². The van der Waals surface area contributed by atoms with Crippen molar-refractivity contribution >= 4 is 10.0 Å². The average molecular weight is 293 g/mol. The van der Waals surface area contributed by atoms with Crippen molar-refractivity contribution in [1.82, 2.24) is 4.31 Å². The predicted octanol–water partition coefficient (Wildman–Crippen LogP) is 1.23. The van der Waals surface area contributed by atoms with Crippen LogP contribution in [0.3, 0.4) is 0 Å². The molecule has 1 aliphatic rings. The van der Waals surface area contributed by atoms with E-state index in [1.54, 1.807) is 19.1 Å². The fraction of sp³-hybridized carbons (Fsp3) is 0.500. The van der Waals surface area contributed by atoms with Gasteiger partial charge in [0, 0.05) is 13.1 Å². The zero-order chi connectivity index (χ0) is 14.8. The Morgan fingerprint density at radius 2 is 2.25 bits per heavy atom. The molecule has 0 amide bonds. The van der Waals surface area contributed by atoms with Crippen LogP contribution < -0.4 is 5.73 Å². The smallest absolute Gasteiger partial charge is 0.243 e. The fourth-order valence-electron chi connectivity index (χ4n) is 2.59. The van der Waals surface area contributed by atoms with Crippen LogP contribution >= 0.6 is 0 Å². The summed E-state index contributed by atoms with van der Waals surface area (Å²) in [5.74, 6) is 0.234. The first-order valence-corrected chi connectivity index (χ1v) is 8.14. The number of piperidine rings is 1. The summed E-state index contributed by atoms with van der Waals surface area (Å²) < 4.78 is 26.9. The summed E-state index contributed by atoms with van der Waals surface area (Å²) in [5.41, 5.74) is 6.74. The molecule has 2 N–H and O–H groups in total. The molecule has 0 aromatic heterocycles. The van der Waals surface area contributed by atoms with Gasteiger partial charge in [0.25, 0.3) is 0 Å². The van der Waals surface area contributed by atoms with Gasteiger partial charge in [-0.2, -0.15) is 9.57 Å². The van der Waals surface area contributed by atoms with E-state index < -0.39 is 10.0 Å². The molecule has 108 valence electrons. The van der Waals surface area contributed by atoms with E-state index in [0.29, 0.717) is 30.8 Å². The minimum atomic E-state index is -3.49. The second-order valence-electron chi connectivity index (χ2n) is 5.20. The Balaban J connectivity index is 2.33. The van der Waals surface area contributed by atoms with Gasteiger partial charge in [-0.1, -0.05) is 0 Å². The van der Waals surface area contributed by atoms with Gasteiger partial charge in [-0.05, 0) is 56.0 Å².